The van der Waals surface area contributed by atoms with Gasteiger partial charge in [-0.1, -0.05) is 44.2 Å². The Morgan fingerprint density at radius 2 is 1.93 bits per heavy atom. The molecular formula is C24H29N5O. The molecule has 0 aliphatic carbocycles. The molecule has 0 unspecified atom stereocenters. The first-order valence-electron chi connectivity index (χ1n) is 10.5. The second kappa shape index (κ2) is 7.94. The summed E-state index contributed by atoms with van der Waals surface area (Å²) in [5.41, 5.74) is 3.54. The normalized spacial score (nSPS) is 15.6. The van der Waals surface area contributed by atoms with E-state index in [0.29, 0.717) is 5.56 Å². The molecule has 1 aliphatic rings. The van der Waals surface area contributed by atoms with Crippen molar-refractivity contribution < 1.29 is 4.79 Å². The smallest absolute Gasteiger partial charge is 0.258 e. The van der Waals surface area contributed by atoms with Gasteiger partial charge in [0.2, 0.25) is 0 Å². The number of nitrogens with one attached hydrogen (secondary N) is 1. The Bertz CT molecular complexity index is 1040. The maximum Gasteiger partial charge on any atom is 0.258 e. The van der Waals surface area contributed by atoms with Crippen LogP contribution in [0.4, 0.5) is 11.5 Å². The van der Waals surface area contributed by atoms with Crippen molar-refractivity contribution in [2.75, 3.05) is 23.3 Å². The molecule has 6 heteroatoms. The van der Waals surface area contributed by atoms with Gasteiger partial charge in [0, 0.05) is 37.1 Å². The van der Waals surface area contributed by atoms with Crippen LogP contribution in [-0.4, -0.2) is 33.8 Å². The lowest BCUT2D eigenvalue weighted by molar-refractivity contribution is 0.102. The van der Waals surface area contributed by atoms with Gasteiger partial charge in [0.05, 0.1) is 17.4 Å². The molecule has 1 amide bonds. The predicted octanol–water partition coefficient (Wildman–Crippen LogP) is 5.01. The summed E-state index contributed by atoms with van der Waals surface area (Å²) in [5, 5.41) is 7.46. The van der Waals surface area contributed by atoms with Gasteiger partial charge in [0.25, 0.3) is 5.91 Å². The molecule has 1 fully saturated rings. The van der Waals surface area contributed by atoms with E-state index in [2.05, 4.69) is 46.3 Å². The third kappa shape index (κ3) is 4.08. The van der Waals surface area contributed by atoms with Crippen LogP contribution < -0.4 is 10.2 Å². The molecule has 1 aliphatic heterocycles. The van der Waals surface area contributed by atoms with Crippen molar-refractivity contribution in [3.63, 3.8) is 0 Å². The van der Waals surface area contributed by atoms with Gasteiger partial charge in [-0.25, -0.2) is 4.98 Å². The summed E-state index contributed by atoms with van der Waals surface area (Å²) in [6, 6.07) is 12.3. The van der Waals surface area contributed by atoms with Crippen LogP contribution in [0.3, 0.4) is 0 Å². The largest absolute Gasteiger partial charge is 0.354 e. The van der Waals surface area contributed by atoms with E-state index in [1.54, 1.807) is 17.1 Å². The second-order valence-corrected chi connectivity index (χ2v) is 9.02. The van der Waals surface area contributed by atoms with Gasteiger partial charge >= 0.3 is 0 Å². The van der Waals surface area contributed by atoms with E-state index in [0.717, 1.165) is 42.1 Å². The Labute approximate surface area is 177 Å². The minimum absolute atomic E-state index is 0.174. The van der Waals surface area contributed by atoms with Crippen molar-refractivity contribution in [1.82, 2.24) is 14.8 Å². The fourth-order valence-electron chi connectivity index (χ4n) is 3.89. The van der Waals surface area contributed by atoms with E-state index in [1.165, 1.54) is 0 Å². The van der Waals surface area contributed by atoms with Gasteiger partial charge in [0.15, 0.2) is 5.82 Å². The lowest BCUT2D eigenvalue weighted by atomic mass is 9.93. The number of anilines is 2. The summed E-state index contributed by atoms with van der Waals surface area (Å²) in [6.45, 7) is 10.4. The van der Waals surface area contributed by atoms with E-state index in [9.17, 15) is 4.79 Å². The second-order valence-electron chi connectivity index (χ2n) is 9.02. The summed E-state index contributed by atoms with van der Waals surface area (Å²) in [4.78, 5) is 20.1. The van der Waals surface area contributed by atoms with Crippen molar-refractivity contribution in [1.29, 1.82) is 0 Å². The van der Waals surface area contributed by atoms with Crippen LogP contribution in [-0.2, 0) is 0 Å². The highest BCUT2D eigenvalue weighted by atomic mass is 16.1. The Morgan fingerprint density at radius 3 is 2.57 bits per heavy atom. The molecule has 3 aromatic rings. The van der Waals surface area contributed by atoms with Crippen LogP contribution >= 0.6 is 0 Å². The van der Waals surface area contributed by atoms with Crippen LogP contribution in [0.5, 0.6) is 0 Å². The molecule has 1 saturated heterocycles. The molecule has 6 nitrogen and oxygen atoms in total. The molecule has 4 rings (SSSR count). The summed E-state index contributed by atoms with van der Waals surface area (Å²) in [5.74, 6) is 0.651. The van der Waals surface area contributed by atoms with Crippen LogP contribution in [0, 0.1) is 5.41 Å². The quantitative estimate of drug-likeness (QED) is 0.650. The molecule has 2 aromatic heterocycles. The lowest BCUT2D eigenvalue weighted by Crippen LogP contribution is -2.25. The molecule has 0 bridgehead atoms. The number of nitrogens with zero attached hydrogens (tertiary/aromatic N) is 4. The van der Waals surface area contributed by atoms with Crippen LogP contribution in [0.25, 0.3) is 11.1 Å². The Kier molecular flexibility index (Phi) is 5.33. The number of carbonyl (C=O) groups is 1. The van der Waals surface area contributed by atoms with Gasteiger partial charge in [-0.05, 0) is 37.3 Å². The molecule has 0 saturated carbocycles. The third-order valence-corrected chi connectivity index (χ3v) is 5.62. The minimum Gasteiger partial charge on any atom is -0.354 e. The lowest BCUT2D eigenvalue weighted by Gasteiger charge is -2.24. The van der Waals surface area contributed by atoms with Crippen molar-refractivity contribution in [2.24, 2.45) is 5.41 Å². The standard InChI is InChI=1S/C24H29N5O/c1-17(2)29-15-19(14-26-29)23(30)27-21-20(18-8-6-5-7-9-18)10-12-25-22(21)28-13-11-24(3,4)16-28/h5-10,12,14-15,17H,11,13,16H2,1-4H3,(H,27,30). The number of pyridine rings is 1. The molecule has 1 N–H and O–H groups in total. The number of benzene rings is 1. The molecule has 30 heavy (non-hydrogen) atoms. The minimum atomic E-state index is -0.174. The molecule has 0 atom stereocenters. The Balaban J connectivity index is 1.74. The van der Waals surface area contributed by atoms with Crippen LogP contribution in [0.15, 0.2) is 55.0 Å². The van der Waals surface area contributed by atoms with Crippen LogP contribution in [0.1, 0.15) is 50.5 Å². The summed E-state index contributed by atoms with van der Waals surface area (Å²) in [7, 11) is 0. The van der Waals surface area contributed by atoms with E-state index < -0.39 is 0 Å². The fourth-order valence-corrected chi connectivity index (χ4v) is 3.89. The molecular weight excluding hydrogens is 374 g/mol. The zero-order chi connectivity index (χ0) is 21.3. The fraction of sp³-hybridized carbons (Fsp3) is 0.375. The van der Waals surface area contributed by atoms with Crippen molar-refractivity contribution in [2.45, 2.75) is 40.2 Å². The molecule has 1 aromatic carbocycles. The SMILES string of the molecule is CC(C)n1cc(C(=O)Nc2c(-c3ccccc3)ccnc2N2CCC(C)(C)C2)cn1. The highest BCUT2D eigenvalue weighted by Gasteiger charge is 2.32. The highest BCUT2D eigenvalue weighted by Crippen LogP contribution is 2.39. The average molecular weight is 404 g/mol. The van der Waals surface area contributed by atoms with Crippen LogP contribution in [0.2, 0.25) is 0 Å². The van der Waals surface area contributed by atoms with E-state index in [-0.39, 0.29) is 17.4 Å². The number of rotatable bonds is 5. The zero-order valence-electron chi connectivity index (χ0n) is 18.1. The van der Waals surface area contributed by atoms with Crippen molar-refractivity contribution >= 4 is 17.4 Å². The number of aromatic nitrogens is 3. The first-order chi connectivity index (χ1) is 14.3. The molecule has 3 heterocycles. The summed E-state index contributed by atoms with van der Waals surface area (Å²) in [6.07, 6.45) is 6.33. The van der Waals surface area contributed by atoms with Crippen molar-refractivity contribution in [3.8, 4) is 11.1 Å². The maximum absolute atomic E-state index is 13.1. The zero-order valence-corrected chi connectivity index (χ0v) is 18.1. The average Bonchev–Trinajstić information content (AvgIpc) is 3.36. The molecule has 0 spiro atoms. The van der Waals surface area contributed by atoms with Crippen molar-refractivity contribution in [3.05, 3.63) is 60.6 Å². The predicted molar refractivity (Wildman–Crippen MR) is 121 cm³/mol. The first-order valence-corrected chi connectivity index (χ1v) is 10.5. The molecule has 0 radical (unpaired) electrons. The number of hydrogen-bond donors (Lipinski definition) is 1. The Hall–Kier alpha value is -3.15. The van der Waals surface area contributed by atoms with Gasteiger partial charge in [0.1, 0.15) is 0 Å². The van der Waals surface area contributed by atoms with Gasteiger partial charge in [-0.2, -0.15) is 5.10 Å². The first kappa shape index (κ1) is 20.1. The van der Waals surface area contributed by atoms with Gasteiger partial charge in [-0.3, -0.25) is 9.48 Å². The number of carbonyl (C=O) groups excluding carboxylic acids is 1. The molecule has 156 valence electrons. The van der Waals surface area contributed by atoms with E-state index in [1.807, 2.05) is 44.3 Å². The van der Waals surface area contributed by atoms with Gasteiger partial charge < -0.3 is 10.2 Å². The van der Waals surface area contributed by atoms with E-state index in [4.69, 9.17) is 0 Å². The number of hydrogen-bond acceptors (Lipinski definition) is 4. The number of amides is 1. The maximum atomic E-state index is 13.1. The third-order valence-electron chi connectivity index (χ3n) is 5.62. The monoisotopic (exact) mass is 403 g/mol. The van der Waals surface area contributed by atoms with E-state index >= 15 is 0 Å². The highest BCUT2D eigenvalue weighted by molar-refractivity contribution is 6.08. The summed E-state index contributed by atoms with van der Waals surface area (Å²) >= 11 is 0. The van der Waals surface area contributed by atoms with Gasteiger partial charge in [-0.15, -0.1) is 0 Å². The topological polar surface area (TPSA) is 63.1 Å². The Morgan fingerprint density at radius 1 is 1.17 bits per heavy atom. The summed E-state index contributed by atoms with van der Waals surface area (Å²) < 4.78 is 1.79.